The lowest BCUT2D eigenvalue weighted by molar-refractivity contribution is -0.174. The van der Waals surface area contributed by atoms with Gasteiger partial charge in [-0.3, -0.25) is 0 Å². The SMILES string of the molecule is CCC1(C)OCC(C)(c2cccc(Br)c2)O1. The topological polar surface area (TPSA) is 18.5 Å². The van der Waals surface area contributed by atoms with Crippen LogP contribution in [0.2, 0.25) is 0 Å². The average Bonchev–Trinajstić information content (AvgIpc) is 2.58. The maximum Gasteiger partial charge on any atom is 0.166 e. The highest BCUT2D eigenvalue weighted by molar-refractivity contribution is 9.10. The molecule has 2 atom stereocenters. The average molecular weight is 285 g/mol. The monoisotopic (exact) mass is 284 g/mol. The number of benzene rings is 1. The molecular weight excluding hydrogens is 268 g/mol. The summed E-state index contributed by atoms with van der Waals surface area (Å²) in [6, 6.07) is 8.21. The highest BCUT2D eigenvalue weighted by atomic mass is 79.9. The third kappa shape index (κ3) is 2.17. The molecule has 1 saturated heterocycles. The first-order valence-electron chi connectivity index (χ1n) is 5.58. The molecule has 1 aliphatic heterocycles. The number of hydrogen-bond acceptors (Lipinski definition) is 2. The van der Waals surface area contributed by atoms with E-state index < -0.39 is 5.79 Å². The minimum absolute atomic E-state index is 0.339. The molecule has 2 unspecified atom stereocenters. The summed E-state index contributed by atoms with van der Waals surface area (Å²) < 4.78 is 12.9. The van der Waals surface area contributed by atoms with Crippen molar-refractivity contribution in [2.75, 3.05) is 6.61 Å². The van der Waals surface area contributed by atoms with Gasteiger partial charge in [0.25, 0.3) is 0 Å². The van der Waals surface area contributed by atoms with Crippen LogP contribution in [0.1, 0.15) is 32.8 Å². The van der Waals surface area contributed by atoms with Crippen LogP contribution in [-0.4, -0.2) is 12.4 Å². The number of rotatable bonds is 2. The normalized spacial score (nSPS) is 34.2. The summed E-state index contributed by atoms with van der Waals surface area (Å²) in [5.41, 5.74) is 0.813. The molecule has 0 spiro atoms. The van der Waals surface area contributed by atoms with Crippen LogP contribution >= 0.6 is 15.9 Å². The summed E-state index contributed by atoms with van der Waals surface area (Å²) in [5, 5.41) is 0. The molecule has 0 saturated carbocycles. The van der Waals surface area contributed by atoms with Crippen molar-refractivity contribution >= 4 is 15.9 Å². The molecule has 3 heteroatoms. The van der Waals surface area contributed by atoms with E-state index in [4.69, 9.17) is 9.47 Å². The molecule has 0 aliphatic carbocycles. The molecule has 0 N–H and O–H groups in total. The Hall–Kier alpha value is -0.380. The van der Waals surface area contributed by atoms with Crippen LogP contribution in [0.5, 0.6) is 0 Å². The summed E-state index contributed by atoms with van der Waals surface area (Å²) >= 11 is 3.48. The van der Waals surface area contributed by atoms with E-state index in [9.17, 15) is 0 Å². The van der Waals surface area contributed by atoms with Crippen LogP contribution in [0.15, 0.2) is 28.7 Å². The molecule has 0 amide bonds. The Morgan fingerprint density at radius 2 is 2.12 bits per heavy atom. The van der Waals surface area contributed by atoms with Gasteiger partial charge in [-0.25, -0.2) is 0 Å². The lowest BCUT2D eigenvalue weighted by Gasteiger charge is -2.27. The van der Waals surface area contributed by atoms with Gasteiger partial charge in [0.2, 0.25) is 0 Å². The third-order valence-electron chi connectivity index (χ3n) is 3.17. The maximum atomic E-state index is 6.08. The Morgan fingerprint density at radius 3 is 2.69 bits per heavy atom. The van der Waals surface area contributed by atoms with Crippen molar-refractivity contribution in [2.24, 2.45) is 0 Å². The largest absolute Gasteiger partial charge is 0.347 e. The van der Waals surface area contributed by atoms with E-state index in [2.05, 4.69) is 41.9 Å². The highest BCUT2D eigenvalue weighted by Crippen LogP contribution is 2.40. The van der Waals surface area contributed by atoms with Crippen molar-refractivity contribution in [2.45, 2.75) is 38.6 Å². The van der Waals surface area contributed by atoms with E-state index in [0.29, 0.717) is 6.61 Å². The van der Waals surface area contributed by atoms with Crippen molar-refractivity contribution in [1.82, 2.24) is 0 Å². The smallest absolute Gasteiger partial charge is 0.166 e. The van der Waals surface area contributed by atoms with E-state index in [1.54, 1.807) is 0 Å². The van der Waals surface area contributed by atoms with E-state index >= 15 is 0 Å². The number of ether oxygens (including phenoxy) is 2. The summed E-state index contributed by atoms with van der Waals surface area (Å²) in [5.74, 6) is -0.447. The van der Waals surface area contributed by atoms with E-state index in [1.165, 1.54) is 0 Å². The zero-order valence-electron chi connectivity index (χ0n) is 9.92. The van der Waals surface area contributed by atoms with Gasteiger partial charge in [0, 0.05) is 4.47 Å². The van der Waals surface area contributed by atoms with Crippen molar-refractivity contribution < 1.29 is 9.47 Å². The predicted octanol–water partition coefficient (Wildman–Crippen LogP) is 3.84. The summed E-state index contributed by atoms with van der Waals surface area (Å²) in [4.78, 5) is 0. The Bertz CT molecular complexity index is 393. The molecule has 0 radical (unpaired) electrons. The van der Waals surface area contributed by atoms with Gasteiger partial charge in [-0.15, -0.1) is 0 Å². The quantitative estimate of drug-likeness (QED) is 0.822. The second-order valence-corrected chi connectivity index (χ2v) is 5.53. The number of hydrogen-bond donors (Lipinski definition) is 0. The summed E-state index contributed by atoms with van der Waals surface area (Å²) in [7, 11) is 0. The zero-order chi connectivity index (χ0) is 11.8. The fourth-order valence-electron chi connectivity index (χ4n) is 1.96. The van der Waals surface area contributed by atoms with Gasteiger partial charge in [0.1, 0.15) is 5.60 Å². The molecule has 88 valence electrons. The van der Waals surface area contributed by atoms with E-state index in [-0.39, 0.29) is 5.60 Å². The van der Waals surface area contributed by atoms with Crippen LogP contribution in [0.25, 0.3) is 0 Å². The van der Waals surface area contributed by atoms with Crippen LogP contribution in [-0.2, 0) is 15.1 Å². The Morgan fingerprint density at radius 1 is 1.38 bits per heavy atom. The zero-order valence-corrected chi connectivity index (χ0v) is 11.5. The minimum atomic E-state index is -0.447. The van der Waals surface area contributed by atoms with Gasteiger partial charge in [0.05, 0.1) is 6.61 Å². The number of halogens is 1. The van der Waals surface area contributed by atoms with Crippen LogP contribution in [0, 0.1) is 0 Å². The predicted molar refractivity (Wildman–Crippen MR) is 67.2 cm³/mol. The molecular formula is C13H17BrO2. The first kappa shape index (κ1) is 12.1. The maximum absolute atomic E-state index is 6.08. The van der Waals surface area contributed by atoms with Gasteiger partial charge in [0.15, 0.2) is 5.79 Å². The Labute approximate surface area is 105 Å². The second-order valence-electron chi connectivity index (χ2n) is 4.62. The van der Waals surface area contributed by atoms with E-state index in [0.717, 1.165) is 16.5 Å². The lowest BCUT2D eigenvalue weighted by atomic mass is 9.97. The molecule has 1 aromatic carbocycles. The Balaban J connectivity index is 2.28. The fraction of sp³-hybridized carbons (Fsp3) is 0.538. The molecule has 2 nitrogen and oxygen atoms in total. The summed E-state index contributed by atoms with van der Waals surface area (Å²) in [6.07, 6.45) is 0.858. The molecule has 0 bridgehead atoms. The molecule has 1 aliphatic rings. The highest BCUT2D eigenvalue weighted by Gasteiger charge is 2.44. The van der Waals surface area contributed by atoms with E-state index in [1.807, 2.05) is 19.1 Å². The molecule has 1 fully saturated rings. The Kier molecular flexibility index (Phi) is 3.12. The lowest BCUT2D eigenvalue weighted by Crippen LogP contribution is -2.30. The molecule has 16 heavy (non-hydrogen) atoms. The van der Waals surface area contributed by atoms with Crippen molar-refractivity contribution in [3.05, 3.63) is 34.3 Å². The van der Waals surface area contributed by atoms with Crippen LogP contribution < -0.4 is 0 Å². The van der Waals surface area contributed by atoms with Crippen molar-refractivity contribution in [1.29, 1.82) is 0 Å². The van der Waals surface area contributed by atoms with Crippen LogP contribution in [0.4, 0.5) is 0 Å². The third-order valence-corrected chi connectivity index (χ3v) is 3.66. The standard InChI is InChI=1S/C13H17BrO2/c1-4-13(3)15-9-12(2,16-13)10-6-5-7-11(14)8-10/h5-8H,4,9H2,1-3H3. The fourth-order valence-corrected chi connectivity index (χ4v) is 2.36. The summed E-state index contributed by atoms with van der Waals surface area (Å²) in [6.45, 7) is 6.76. The first-order chi connectivity index (χ1) is 7.47. The van der Waals surface area contributed by atoms with Crippen molar-refractivity contribution in [3.63, 3.8) is 0 Å². The molecule has 0 aromatic heterocycles. The minimum Gasteiger partial charge on any atom is -0.347 e. The van der Waals surface area contributed by atoms with Gasteiger partial charge >= 0.3 is 0 Å². The first-order valence-corrected chi connectivity index (χ1v) is 6.37. The van der Waals surface area contributed by atoms with Gasteiger partial charge < -0.3 is 9.47 Å². The van der Waals surface area contributed by atoms with Gasteiger partial charge in [-0.2, -0.15) is 0 Å². The molecule has 1 heterocycles. The molecule has 1 aromatic rings. The van der Waals surface area contributed by atoms with Crippen molar-refractivity contribution in [3.8, 4) is 0 Å². The van der Waals surface area contributed by atoms with Gasteiger partial charge in [-0.1, -0.05) is 35.0 Å². The van der Waals surface area contributed by atoms with Gasteiger partial charge in [-0.05, 0) is 38.0 Å². The molecule has 2 rings (SSSR count). The second kappa shape index (κ2) is 4.13. The van der Waals surface area contributed by atoms with Crippen LogP contribution in [0.3, 0.4) is 0 Å².